The van der Waals surface area contributed by atoms with Crippen molar-refractivity contribution in [2.75, 3.05) is 23.7 Å². The lowest BCUT2D eigenvalue weighted by atomic mass is 10.4. The first-order valence-corrected chi connectivity index (χ1v) is 4.48. The molecule has 0 saturated carbocycles. The van der Waals surface area contributed by atoms with Crippen LogP contribution in [0.15, 0.2) is 6.20 Å². The van der Waals surface area contributed by atoms with Crippen LogP contribution in [0, 0.1) is 0 Å². The normalized spacial score (nSPS) is 10.3. The minimum absolute atomic E-state index is 0.129. The summed E-state index contributed by atoms with van der Waals surface area (Å²) < 4.78 is 0.916. The number of nitrogens with zero attached hydrogens (tertiary/aromatic N) is 3. The number of aromatic nitrogens is 2. The predicted octanol–water partition coefficient (Wildman–Crippen LogP) is 0.939. The highest BCUT2D eigenvalue weighted by Crippen LogP contribution is 2.15. The van der Waals surface area contributed by atoms with Gasteiger partial charge in [-0.2, -0.15) is 0 Å². The van der Waals surface area contributed by atoms with Crippen molar-refractivity contribution < 1.29 is 5.21 Å². The Kier molecular flexibility index (Phi) is 3.00. The van der Waals surface area contributed by atoms with Crippen molar-refractivity contribution in [2.45, 2.75) is 20.3 Å². The first-order valence-electron chi connectivity index (χ1n) is 4.48. The standard InChI is InChI=1S/C8H16N4O/c1-3-5-11(4-2)7-6-10-8(9)12(7)13/h6,13H,3-5H2,1-2H3,(H2,9,10). The van der Waals surface area contributed by atoms with Gasteiger partial charge in [0.1, 0.15) is 0 Å². The number of nitrogens with two attached hydrogens (primary N) is 1. The van der Waals surface area contributed by atoms with Crippen LogP contribution >= 0.6 is 0 Å². The molecule has 0 aromatic carbocycles. The lowest BCUT2D eigenvalue weighted by Crippen LogP contribution is -2.25. The molecule has 0 aliphatic heterocycles. The molecule has 0 atom stereocenters. The van der Waals surface area contributed by atoms with Gasteiger partial charge in [-0.05, 0) is 13.3 Å². The monoisotopic (exact) mass is 184 g/mol. The van der Waals surface area contributed by atoms with E-state index in [9.17, 15) is 5.21 Å². The summed E-state index contributed by atoms with van der Waals surface area (Å²) in [6.45, 7) is 5.84. The summed E-state index contributed by atoms with van der Waals surface area (Å²) in [5.74, 6) is 0.784. The van der Waals surface area contributed by atoms with Crippen LogP contribution in [0.25, 0.3) is 0 Å². The summed E-state index contributed by atoms with van der Waals surface area (Å²) in [5, 5.41) is 9.45. The van der Waals surface area contributed by atoms with E-state index in [1.807, 2.05) is 11.8 Å². The Bertz CT molecular complexity index is 271. The van der Waals surface area contributed by atoms with Crippen LogP contribution in [0.2, 0.25) is 0 Å². The molecule has 74 valence electrons. The van der Waals surface area contributed by atoms with E-state index in [0.29, 0.717) is 5.82 Å². The Morgan fingerprint density at radius 1 is 1.62 bits per heavy atom. The molecule has 1 aromatic rings. The first-order chi connectivity index (χ1) is 6.20. The highest BCUT2D eigenvalue weighted by molar-refractivity contribution is 5.42. The minimum Gasteiger partial charge on any atom is -0.423 e. The van der Waals surface area contributed by atoms with Crippen molar-refractivity contribution in [1.82, 2.24) is 9.71 Å². The van der Waals surface area contributed by atoms with Crippen molar-refractivity contribution in [3.8, 4) is 0 Å². The zero-order chi connectivity index (χ0) is 9.84. The molecule has 0 aliphatic carbocycles. The van der Waals surface area contributed by atoms with E-state index in [1.54, 1.807) is 6.20 Å². The molecule has 0 spiro atoms. The van der Waals surface area contributed by atoms with Crippen LogP contribution in [-0.2, 0) is 0 Å². The fraction of sp³-hybridized carbons (Fsp3) is 0.625. The van der Waals surface area contributed by atoms with Crippen LogP contribution in [0.5, 0.6) is 0 Å². The molecule has 0 radical (unpaired) electrons. The molecule has 0 fully saturated rings. The number of hydrogen-bond acceptors (Lipinski definition) is 4. The Balaban J connectivity index is 2.84. The predicted molar refractivity (Wildman–Crippen MR) is 52.0 cm³/mol. The molecule has 13 heavy (non-hydrogen) atoms. The summed E-state index contributed by atoms with van der Waals surface area (Å²) in [6, 6.07) is 0. The van der Waals surface area contributed by atoms with E-state index in [0.717, 1.165) is 24.2 Å². The minimum atomic E-state index is 0.129. The summed E-state index contributed by atoms with van der Waals surface area (Å²) in [4.78, 5) is 5.83. The van der Waals surface area contributed by atoms with Gasteiger partial charge in [-0.1, -0.05) is 6.92 Å². The Labute approximate surface area is 77.7 Å². The Hall–Kier alpha value is -1.39. The molecule has 0 aliphatic rings. The molecular weight excluding hydrogens is 168 g/mol. The van der Waals surface area contributed by atoms with Crippen molar-refractivity contribution in [3.63, 3.8) is 0 Å². The van der Waals surface area contributed by atoms with E-state index < -0.39 is 0 Å². The van der Waals surface area contributed by atoms with E-state index in [4.69, 9.17) is 5.73 Å². The molecular formula is C8H16N4O. The molecule has 5 nitrogen and oxygen atoms in total. The maximum absolute atomic E-state index is 9.45. The summed E-state index contributed by atoms with van der Waals surface area (Å²) in [6.07, 6.45) is 2.60. The van der Waals surface area contributed by atoms with Crippen LogP contribution in [0.1, 0.15) is 20.3 Å². The molecule has 5 heteroatoms. The van der Waals surface area contributed by atoms with Crippen molar-refractivity contribution in [1.29, 1.82) is 0 Å². The number of rotatable bonds is 4. The average Bonchev–Trinajstić information content (AvgIpc) is 2.45. The summed E-state index contributed by atoms with van der Waals surface area (Å²) >= 11 is 0. The van der Waals surface area contributed by atoms with Crippen molar-refractivity contribution in [3.05, 3.63) is 6.20 Å². The van der Waals surface area contributed by atoms with Crippen LogP contribution in [0.4, 0.5) is 11.8 Å². The number of imidazole rings is 1. The highest BCUT2D eigenvalue weighted by Gasteiger charge is 2.11. The van der Waals surface area contributed by atoms with Gasteiger partial charge in [0.25, 0.3) is 0 Å². The third-order valence-corrected chi connectivity index (χ3v) is 1.95. The third kappa shape index (κ3) is 1.85. The molecule has 0 saturated heterocycles. The molecule has 1 rings (SSSR count). The van der Waals surface area contributed by atoms with Gasteiger partial charge in [0.2, 0.25) is 5.95 Å². The molecule has 1 heterocycles. The lowest BCUT2D eigenvalue weighted by Gasteiger charge is -2.20. The Morgan fingerprint density at radius 3 is 2.69 bits per heavy atom. The van der Waals surface area contributed by atoms with Gasteiger partial charge < -0.3 is 15.8 Å². The topological polar surface area (TPSA) is 67.3 Å². The second kappa shape index (κ2) is 4.02. The number of nitrogen functional groups attached to an aromatic ring is 1. The Morgan fingerprint density at radius 2 is 2.31 bits per heavy atom. The van der Waals surface area contributed by atoms with E-state index in [-0.39, 0.29) is 5.95 Å². The maximum Gasteiger partial charge on any atom is 0.236 e. The van der Waals surface area contributed by atoms with E-state index in [2.05, 4.69) is 11.9 Å². The number of hydrogen-bond donors (Lipinski definition) is 2. The van der Waals surface area contributed by atoms with Gasteiger partial charge in [-0.3, -0.25) is 0 Å². The molecule has 3 N–H and O–H groups in total. The maximum atomic E-state index is 9.45. The molecule has 0 unspecified atom stereocenters. The zero-order valence-corrected chi connectivity index (χ0v) is 8.06. The molecule has 1 aromatic heterocycles. The zero-order valence-electron chi connectivity index (χ0n) is 8.06. The van der Waals surface area contributed by atoms with Gasteiger partial charge in [-0.15, -0.1) is 4.73 Å². The van der Waals surface area contributed by atoms with E-state index in [1.165, 1.54) is 0 Å². The smallest absolute Gasteiger partial charge is 0.236 e. The summed E-state index contributed by atoms with van der Waals surface area (Å²) in [7, 11) is 0. The highest BCUT2D eigenvalue weighted by atomic mass is 16.5. The van der Waals surface area contributed by atoms with Gasteiger partial charge in [0, 0.05) is 13.1 Å². The van der Waals surface area contributed by atoms with E-state index >= 15 is 0 Å². The van der Waals surface area contributed by atoms with Crippen molar-refractivity contribution >= 4 is 11.8 Å². The van der Waals surface area contributed by atoms with Crippen LogP contribution in [-0.4, -0.2) is 28.0 Å². The molecule has 0 bridgehead atoms. The third-order valence-electron chi connectivity index (χ3n) is 1.95. The fourth-order valence-electron chi connectivity index (χ4n) is 1.27. The first kappa shape index (κ1) is 9.70. The van der Waals surface area contributed by atoms with Gasteiger partial charge in [0.05, 0.1) is 6.20 Å². The second-order valence-electron chi connectivity index (χ2n) is 2.87. The molecule has 0 amide bonds. The quantitative estimate of drug-likeness (QED) is 0.683. The van der Waals surface area contributed by atoms with Gasteiger partial charge >= 0.3 is 0 Å². The summed E-state index contributed by atoms with van der Waals surface area (Å²) in [5.41, 5.74) is 5.40. The van der Waals surface area contributed by atoms with Gasteiger partial charge in [0.15, 0.2) is 5.82 Å². The number of anilines is 2. The van der Waals surface area contributed by atoms with Gasteiger partial charge in [-0.25, -0.2) is 4.98 Å². The second-order valence-corrected chi connectivity index (χ2v) is 2.87. The fourth-order valence-corrected chi connectivity index (χ4v) is 1.27. The lowest BCUT2D eigenvalue weighted by molar-refractivity contribution is 0.194. The SMILES string of the molecule is CCCN(CC)c1cnc(N)n1O. The van der Waals surface area contributed by atoms with Crippen LogP contribution in [0.3, 0.4) is 0 Å². The van der Waals surface area contributed by atoms with Crippen molar-refractivity contribution in [2.24, 2.45) is 0 Å². The van der Waals surface area contributed by atoms with Crippen LogP contribution < -0.4 is 10.6 Å². The largest absolute Gasteiger partial charge is 0.423 e. The average molecular weight is 184 g/mol.